The van der Waals surface area contributed by atoms with Gasteiger partial charge in [-0.1, -0.05) is 92.3 Å². The molecule has 1 aliphatic carbocycles. The molecule has 1 saturated heterocycles. The molecule has 278 valence electrons. The number of anilines is 2. The summed E-state index contributed by atoms with van der Waals surface area (Å²) >= 11 is 14.2. The standard InChI is InChI=1S/C23H28ClN3O2S.C18H28ClNO/c1-18(28)29-16-15-26-13-11-25(12-14-26)9-4-10-27-20-5-2-3-6-22(20)30-23-8-7-19(24)17-21(23)27;1-3-20(4-2)14-15-21-18(12-6-5-7-13-18)16-8-10-17(19)11-9-16/h2-3,5-8,17H,4,9-16H2,1H3;8-11H,3-7,12-15H2,1-2H3. The van der Waals surface area contributed by atoms with Gasteiger partial charge in [0.2, 0.25) is 0 Å². The fourth-order valence-corrected chi connectivity index (χ4v) is 8.72. The largest absolute Gasteiger partial charge is 0.465 e. The fraction of sp³-hybridized carbons (Fsp3) is 0.537. The van der Waals surface area contributed by atoms with Crippen molar-refractivity contribution in [3.05, 3.63) is 82.3 Å². The number of nitrogens with zero attached hydrogens (tertiary/aromatic N) is 4. The number of hydrogen-bond acceptors (Lipinski definition) is 8. The quantitative estimate of drug-likeness (QED) is 0.151. The van der Waals surface area contributed by atoms with Gasteiger partial charge in [-0.2, -0.15) is 0 Å². The summed E-state index contributed by atoms with van der Waals surface area (Å²) in [6.45, 7) is 17.4. The molecule has 0 radical (unpaired) electrons. The molecule has 6 rings (SSSR count). The van der Waals surface area contributed by atoms with E-state index in [0.29, 0.717) is 6.61 Å². The van der Waals surface area contributed by atoms with E-state index < -0.39 is 0 Å². The zero-order valence-electron chi connectivity index (χ0n) is 30.8. The summed E-state index contributed by atoms with van der Waals surface area (Å²) in [5.74, 6) is -0.200. The van der Waals surface area contributed by atoms with E-state index in [1.165, 1.54) is 52.9 Å². The van der Waals surface area contributed by atoms with Gasteiger partial charge >= 0.3 is 5.97 Å². The van der Waals surface area contributed by atoms with E-state index in [0.717, 1.165) is 101 Å². The molecule has 0 amide bonds. The van der Waals surface area contributed by atoms with Crippen molar-refractivity contribution in [3.63, 3.8) is 0 Å². The molecular formula is C41H56Cl2N4O3S. The number of halogens is 2. The van der Waals surface area contributed by atoms with Crippen LogP contribution in [-0.2, 0) is 19.9 Å². The molecule has 3 aliphatic rings. The molecule has 7 nitrogen and oxygen atoms in total. The third-order valence-corrected chi connectivity index (χ3v) is 12.0. The molecule has 0 atom stereocenters. The lowest BCUT2D eigenvalue weighted by atomic mass is 9.79. The summed E-state index contributed by atoms with van der Waals surface area (Å²) in [7, 11) is 0. The summed E-state index contributed by atoms with van der Waals surface area (Å²) in [5.41, 5.74) is 3.69. The predicted octanol–water partition coefficient (Wildman–Crippen LogP) is 9.37. The topological polar surface area (TPSA) is 48.5 Å². The lowest BCUT2D eigenvalue weighted by Crippen LogP contribution is -2.47. The van der Waals surface area contributed by atoms with Gasteiger partial charge in [0.1, 0.15) is 6.61 Å². The number of ether oxygens (including phenoxy) is 2. The highest BCUT2D eigenvalue weighted by molar-refractivity contribution is 7.99. The van der Waals surface area contributed by atoms with E-state index in [1.807, 2.05) is 30.0 Å². The zero-order valence-corrected chi connectivity index (χ0v) is 33.1. The molecule has 0 bridgehead atoms. The Kier molecular flexibility index (Phi) is 15.8. The number of likely N-dealkylation sites (N-methyl/N-ethyl adjacent to an activating group) is 1. The minimum Gasteiger partial charge on any atom is -0.465 e. The summed E-state index contributed by atoms with van der Waals surface area (Å²) < 4.78 is 11.5. The van der Waals surface area contributed by atoms with Crippen LogP contribution in [0.1, 0.15) is 64.9 Å². The normalized spacial score (nSPS) is 17.3. The number of piperazine rings is 1. The summed E-state index contributed by atoms with van der Waals surface area (Å²) in [4.78, 5) is 23.2. The van der Waals surface area contributed by atoms with E-state index in [4.69, 9.17) is 32.7 Å². The maximum Gasteiger partial charge on any atom is 0.302 e. The van der Waals surface area contributed by atoms with E-state index in [1.54, 1.807) is 0 Å². The van der Waals surface area contributed by atoms with Gasteiger partial charge in [-0.05, 0) is 86.9 Å². The second kappa shape index (κ2) is 20.2. The summed E-state index contributed by atoms with van der Waals surface area (Å²) in [6, 6.07) is 23.1. The lowest BCUT2D eigenvalue weighted by molar-refractivity contribution is -0.141. The van der Waals surface area contributed by atoms with Crippen molar-refractivity contribution in [2.24, 2.45) is 0 Å². The van der Waals surface area contributed by atoms with E-state index in [2.05, 4.69) is 82.0 Å². The van der Waals surface area contributed by atoms with Crippen molar-refractivity contribution in [2.75, 3.05) is 83.6 Å². The van der Waals surface area contributed by atoms with Crippen molar-refractivity contribution in [3.8, 4) is 0 Å². The third-order valence-electron chi connectivity index (χ3n) is 10.3. The first-order valence-corrected chi connectivity index (χ1v) is 20.4. The maximum absolute atomic E-state index is 10.9. The Morgan fingerprint density at radius 1 is 0.784 bits per heavy atom. The monoisotopic (exact) mass is 754 g/mol. The van der Waals surface area contributed by atoms with Gasteiger partial charge in [-0.15, -0.1) is 0 Å². The van der Waals surface area contributed by atoms with Crippen LogP contribution in [-0.4, -0.2) is 99.3 Å². The molecule has 10 heteroatoms. The molecular weight excluding hydrogens is 699 g/mol. The zero-order chi connectivity index (χ0) is 36.1. The molecule has 0 spiro atoms. The van der Waals surface area contributed by atoms with Crippen molar-refractivity contribution in [1.29, 1.82) is 0 Å². The maximum atomic E-state index is 10.9. The minimum absolute atomic E-state index is 0.0873. The number of para-hydroxylation sites is 1. The van der Waals surface area contributed by atoms with Crippen LogP contribution in [0.4, 0.5) is 11.4 Å². The van der Waals surface area contributed by atoms with Crippen LogP contribution in [0.3, 0.4) is 0 Å². The van der Waals surface area contributed by atoms with Crippen molar-refractivity contribution < 1.29 is 14.3 Å². The Hall–Kier alpha value is -2.30. The van der Waals surface area contributed by atoms with E-state index in [9.17, 15) is 4.79 Å². The van der Waals surface area contributed by atoms with Crippen LogP contribution in [0, 0.1) is 0 Å². The predicted molar refractivity (Wildman–Crippen MR) is 213 cm³/mol. The Morgan fingerprint density at radius 2 is 1.43 bits per heavy atom. The molecule has 1 saturated carbocycles. The SMILES string of the molecule is CC(=O)OCCN1CCN(CCCN2c3ccccc3Sc3ccc(Cl)cc32)CC1.CCN(CC)CCOC1(c2ccc(Cl)cc2)CCCCC1. The smallest absolute Gasteiger partial charge is 0.302 e. The number of carbonyl (C=O) groups excluding carboxylic acids is 1. The van der Waals surface area contributed by atoms with Gasteiger partial charge in [0.05, 0.1) is 23.6 Å². The minimum atomic E-state index is -0.200. The Labute approximate surface area is 320 Å². The van der Waals surface area contributed by atoms with Crippen LogP contribution in [0.5, 0.6) is 0 Å². The number of benzene rings is 3. The second-order valence-corrected chi connectivity index (χ2v) is 15.6. The van der Waals surface area contributed by atoms with Gasteiger partial charge in [0, 0.05) is 72.6 Å². The number of carbonyl (C=O) groups is 1. The summed E-state index contributed by atoms with van der Waals surface area (Å²) in [5, 5.41) is 1.58. The van der Waals surface area contributed by atoms with Gasteiger partial charge in [-0.25, -0.2) is 0 Å². The van der Waals surface area contributed by atoms with Gasteiger partial charge < -0.3 is 24.2 Å². The number of fused-ring (bicyclic) bond motifs is 2. The molecule has 2 aliphatic heterocycles. The Morgan fingerprint density at radius 3 is 2.12 bits per heavy atom. The number of hydrogen-bond donors (Lipinski definition) is 0. The van der Waals surface area contributed by atoms with Crippen LogP contribution >= 0.6 is 35.0 Å². The third kappa shape index (κ3) is 11.6. The second-order valence-electron chi connectivity index (χ2n) is 13.6. The van der Waals surface area contributed by atoms with Gasteiger partial charge in [0.25, 0.3) is 0 Å². The van der Waals surface area contributed by atoms with Crippen LogP contribution in [0.25, 0.3) is 0 Å². The molecule has 2 fully saturated rings. The molecule has 3 aromatic rings. The van der Waals surface area contributed by atoms with E-state index in [-0.39, 0.29) is 11.6 Å². The average molecular weight is 756 g/mol. The fourth-order valence-electron chi connectivity index (χ4n) is 7.35. The average Bonchev–Trinajstić information content (AvgIpc) is 3.15. The molecule has 0 N–H and O–H groups in total. The Balaban J connectivity index is 0.000000211. The first-order chi connectivity index (χ1) is 24.8. The molecule has 0 aromatic heterocycles. The van der Waals surface area contributed by atoms with Crippen LogP contribution < -0.4 is 4.90 Å². The van der Waals surface area contributed by atoms with Crippen molar-refractivity contribution >= 4 is 52.3 Å². The van der Waals surface area contributed by atoms with Crippen molar-refractivity contribution in [2.45, 2.75) is 74.7 Å². The molecule has 3 aromatic carbocycles. The van der Waals surface area contributed by atoms with Crippen molar-refractivity contribution in [1.82, 2.24) is 14.7 Å². The summed E-state index contributed by atoms with van der Waals surface area (Å²) in [6.07, 6.45) is 7.20. The van der Waals surface area contributed by atoms with Crippen LogP contribution in [0.2, 0.25) is 10.0 Å². The highest BCUT2D eigenvalue weighted by atomic mass is 35.5. The van der Waals surface area contributed by atoms with E-state index >= 15 is 0 Å². The Bertz CT molecular complexity index is 1510. The number of esters is 1. The van der Waals surface area contributed by atoms with Crippen LogP contribution in [0.15, 0.2) is 76.5 Å². The highest BCUT2D eigenvalue weighted by Gasteiger charge is 2.35. The molecule has 51 heavy (non-hydrogen) atoms. The van der Waals surface area contributed by atoms with Gasteiger partial charge in [0.15, 0.2) is 0 Å². The first-order valence-electron chi connectivity index (χ1n) is 18.8. The highest BCUT2D eigenvalue weighted by Crippen LogP contribution is 2.48. The van der Waals surface area contributed by atoms with Gasteiger partial charge in [-0.3, -0.25) is 9.69 Å². The first kappa shape index (κ1) is 39.9. The lowest BCUT2D eigenvalue weighted by Gasteiger charge is -2.38. The molecule has 2 heterocycles. The molecule has 0 unspecified atom stereocenters. The number of rotatable bonds is 14.